The van der Waals surface area contributed by atoms with Gasteiger partial charge in [-0.05, 0) is 44.2 Å². The van der Waals surface area contributed by atoms with Crippen LogP contribution in [0.1, 0.15) is 31.2 Å². The van der Waals surface area contributed by atoms with E-state index in [4.69, 9.17) is 16.7 Å². The van der Waals surface area contributed by atoms with Crippen molar-refractivity contribution in [3.05, 3.63) is 23.0 Å². The Balaban J connectivity index is 2.23. The van der Waals surface area contributed by atoms with Gasteiger partial charge in [-0.2, -0.15) is 4.31 Å². The number of rotatable bonds is 7. The fraction of sp³-hybridized carbons (Fsp3) is 0.615. The fourth-order valence-electron chi connectivity index (χ4n) is 2.05. The van der Waals surface area contributed by atoms with Gasteiger partial charge in [0.1, 0.15) is 10.0 Å². The van der Waals surface area contributed by atoms with Crippen molar-refractivity contribution in [3.8, 4) is 0 Å². The van der Waals surface area contributed by atoms with Crippen molar-refractivity contribution >= 4 is 21.6 Å². The molecule has 1 aromatic rings. The number of hydrogen-bond acceptors (Lipinski definition) is 4. The monoisotopic (exact) mass is 318 g/mol. The minimum atomic E-state index is -3.53. The predicted octanol–water partition coefficient (Wildman–Crippen LogP) is 1.97. The highest BCUT2D eigenvalue weighted by atomic mass is 35.5. The van der Waals surface area contributed by atoms with E-state index in [1.54, 1.807) is 13.0 Å². The van der Waals surface area contributed by atoms with Gasteiger partial charge < -0.3 is 5.11 Å². The summed E-state index contributed by atoms with van der Waals surface area (Å²) in [5, 5.41) is 9.15. The summed E-state index contributed by atoms with van der Waals surface area (Å²) in [5.41, 5.74) is 0.652. The third-order valence-electron chi connectivity index (χ3n) is 3.34. The molecule has 0 aliphatic heterocycles. The Hall–Kier alpha value is -0.690. The van der Waals surface area contributed by atoms with E-state index in [-0.39, 0.29) is 17.5 Å². The molecule has 7 heteroatoms. The molecule has 0 saturated heterocycles. The number of pyridine rings is 1. The lowest BCUT2D eigenvalue weighted by molar-refractivity contribution is 0.275. The van der Waals surface area contributed by atoms with Crippen LogP contribution >= 0.6 is 11.6 Å². The lowest BCUT2D eigenvalue weighted by atomic mass is 10.3. The molecule has 0 unspecified atom stereocenters. The van der Waals surface area contributed by atoms with Gasteiger partial charge in [-0.1, -0.05) is 11.6 Å². The number of nitrogens with zero attached hydrogens (tertiary/aromatic N) is 2. The Labute approximate surface area is 124 Å². The molecule has 0 spiro atoms. The first-order chi connectivity index (χ1) is 9.46. The van der Waals surface area contributed by atoms with Gasteiger partial charge in [0.15, 0.2) is 0 Å². The summed E-state index contributed by atoms with van der Waals surface area (Å²) in [5.74, 6) is 0. The van der Waals surface area contributed by atoms with Crippen LogP contribution in [-0.4, -0.2) is 42.0 Å². The molecule has 1 fully saturated rings. The number of aromatic nitrogens is 1. The van der Waals surface area contributed by atoms with Gasteiger partial charge in [0.25, 0.3) is 0 Å². The van der Waals surface area contributed by atoms with Crippen LogP contribution < -0.4 is 0 Å². The molecule has 0 aromatic carbocycles. The van der Waals surface area contributed by atoms with Crippen molar-refractivity contribution in [2.45, 2.75) is 43.5 Å². The smallest absolute Gasteiger partial charge is 0.244 e. The normalized spacial score (nSPS) is 15.8. The van der Waals surface area contributed by atoms with Crippen molar-refractivity contribution in [3.63, 3.8) is 0 Å². The van der Waals surface area contributed by atoms with Gasteiger partial charge in [-0.3, -0.25) is 0 Å². The summed E-state index contributed by atoms with van der Waals surface area (Å²) in [7, 11) is -3.53. The van der Waals surface area contributed by atoms with E-state index >= 15 is 0 Å². The zero-order valence-corrected chi connectivity index (χ0v) is 13.0. The van der Waals surface area contributed by atoms with Crippen molar-refractivity contribution in [2.24, 2.45) is 0 Å². The van der Waals surface area contributed by atoms with E-state index in [1.165, 1.54) is 10.5 Å². The Morgan fingerprint density at radius 3 is 2.70 bits per heavy atom. The molecule has 1 aromatic heterocycles. The number of unbranched alkanes of at least 4 members (excludes halogenated alkanes) is 1. The second kappa shape index (κ2) is 6.39. The molecule has 112 valence electrons. The SMILES string of the molecule is Cc1cc(S(=O)(=O)N(CCCCO)C2CC2)cnc1Cl. The summed E-state index contributed by atoms with van der Waals surface area (Å²) in [6, 6.07) is 1.65. The van der Waals surface area contributed by atoms with Crippen molar-refractivity contribution in [2.75, 3.05) is 13.2 Å². The molecule has 0 atom stereocenters. The minimum Gasteiger partial charge on any atom is -0.396 e. The predicted molar refractivity (Wildman–Crippen MR) is 77.2 cm³/mol. The van der Waals surface area contributed by atoms with Crippen LogP contribution in [0.5, 0.6) is 0 Å². The summed E-state index contributed by atoms with van der Waals surface area (Å²) in [6.45, 7) is 2.26. The van der Waals surface area contributed by atoms with E-state index in [1.807, 2.05) is 0 Å². The third kappa shape index (κ3) is 3.49. The first-order valence-electron chi connectivity index (χ1n) is 6.71. The molecule has 0 bridgehead atoms. The molecule has 1 aliphatic carbocycles. The Kier molecular flexibility index (Phi) is 5.01. The molecule has 20 heavy (non-hydrogen) atoms. The standard InChI is InChI=1S/C13H19ClN2O3S/c1-10-8-12(9-15-13(10)14)20(18,19)16(11-4-5-11)6-2-3-7-17/h8-9,11,17H,2-7H2,1H3. The summed E-state index contributed by atoms with van der Waals surface area (Å²) in [6.07, 6.45) is 4.38. The number of aryl methyl sites for hydroxylation is 1. The molecule has 0 radical (unpaired) electrons. The highest BCUT2D eigenvalue weighted by Crippen LogP contribution is 2.32. The van der Waals surface area contributed by atoms with Crippen molar-refractivity contribution in [1.29, 1.82) is 0 Å². The number of halogens is 1. The average Bonchev–Trinajstić information content (AvgIpc) is 3.22. The Morgan fingerprint density at radius 2 is 2.15 bits per heavy atom. The fourth-order valence-corrected chi connectivity index (χ4v) is 3.91. The summed E-state index contributed by atoms with van der Waals surface area (Å²) in [4.78, 5) is 4.11. The maximum atomic E-state index is 12.7. The Bertz CT molecular complexity index is 573. The number of aliphatic hydroxyl groups is 1. The molecule has 1 N–H and O–H groups in total. The van der Waals surface area contributed by atoms with Crippen LogP contribution in [0.25, 0.3) is 0 Å². The average molecular weight is 319 g/mol. The molecule has 1 heterocycles. The lowest BCUT2D eigenvalue weighted by Gasteiger charge is -2.21. The van der Waals surface area contributed by atoms with E-state index in [2.05, 4.69) is 4.98 Å². The van der Waals surface area contributed by atoms with E-state index in [9.17, 15) is 8.42 Å². The van der Waals surface area contributed by atoms with E-state index in [0.29, 0.717) is 30.1 Å². The molecule has 5 nitrogen and oxygen atoms in total. The van der Waals surface area contributed by atoms with Gasteiger partial charge in [-0.15, -0.1) is 0 Å². The first kappa shape index (κ1) is 15.7. The number of sulfonamides is 1. The van der Waals surface area contributed by atoms with Gasteiger partial charge in [0.2, 0.25) is 10.0 Å². The van der Waals surface area contributed by atoms with Crippen LogP contribution in [-0.2, 0) is 10.0 Å². The largest absolute Gasteiger partial charge is 0.396 e. The maximum Gasteiger partial charge on any atom is 0.244 e. The lowest BCUT2D eigenvalue weighted by Crippen LogP contribution is -2.34. The second-order valence-electron chi connectivity index (χ2n) is 5.06. The van der Waals surface area contributed by atoms with Gasteiger partial charge in [-0.25, -0.2) is 13.4 Å². The second-order valence-corrected chi connectivity index (χ2v) is 7.30. The quantitative estimate of drug-likeness (QED) is 0.616. The topological polar surface area (TPSA) is 70.5 Å². The highest BCUT2D eigenvalue weighted by molar-refractivity contribution is 7.89. The summed E-state index contributed by atoms with van der Waals surface area (Å²) >= 11 is 5.84. The minimum absolute atomic E-state index is 0.0835. The number of hydrogen-bond donors (Lipinski definition) is 1. The first-order valence-corrected chi connectivity index (χ1v) is 8.53. The molecule has 1 saturated carbocycles. The van der Waals surface area contributed by atoms with Gasteiger partial charge in [0.05, 0.1) is 0 Å². The van der Waals surface area contributed by atoms with Gasteiger partial charge in [0, 0.05) is 25.4 Å². The van der Waals surface area contributed by atoms with Crippen molar-refractivity contribution in [1.82, 2.24) is 9.29 Å². The van der Waals surface area contributed by atoms with Crippen LogP contribution in [0, 0.1) is 6.92 Å². The maximum absolute atomic E-state index is 12.7. The molecule has 1 aliphatic rings. The Morgan fingerprint density at radius 1 is 1.45 bits per heavy atom. The van der Waals surface area contributed by atoms with Crippen molar-refractivity contribution < 1.29 is 13.5 Å². The van der Waals surface area contributed by atoms with E-state index < -0.39 is 10.0 Å². The molecular formula is C13H19ClN2O3S. The van der Waals surface area contributed by atoms with Gasteiger partial charge >= 0.3 is 0 Å². The molecular weight excluding hydrogens is 300 g/mol. The van der Waals surface area contributed by atoms with Crippen LogP contribution in [0.15, 0.2) is 17.2 Å². The van der Waals surface area contributed by atoms with Crippen LogP contribution in [0.3, 0.4) is 0 Å². The zero-order chi connectivity index (χ0) is 14.8. The van der Waals surface area contributed by atoms with E-state index in [0.717, 1.165) is 12.8 Å². The molecule has 2 rings (SSSR count). The zero-order valence-electron chi connectivity index (χ0n) is 11.4. The summed E-state index contributed by atoms with van der Waals surface area (Å²) < 4.78 is 26.8. The van der Waals surface area contributed by atoms with Crippen LogP contribution in [0.2, 0.25) is 5.15 Å². The highest BCUT2D eigenvalue weighted by Gasteiger charge is 2.37. The number of aliphatic hydroxyl groups excluding tert-OH is 1. The molecule has 0 amide bonds. The van der Waals surface area contributed by atoms with Crippen LogP contribution in [0.4, 0.5) is 0 Å². The third-order valence-corrected chi connectivity index (χ3v) is 5.65.